The van der Waals surface area contributed by atoms with Crippen molar-refractivity contribution in [3.05, 3.63) is 54.1 Å². The predicted molar refractivity (Wildman–Crippen MR) is 119 cm³/mol. The minimum absolute atomic E-state index is 0.175. The highest BCUT2D eigenvalue weighted by Crippen LogP contribution is 2.25. The van der Waals surface area contributed by atoms with Crippen molar-refractivity contribution in [2.45, 2.75) is 49.8 Å². The lowest BCUT2D eigenvalue weighted by atomic mass is 10.0. The van der Waals surface area contributed by atoms with Crippen LogP contribution in [0.15, 0.2) is 58.3 Å². The summed E-state index contributed by atoms with van der Waals surface area (Å²) in [6.45, 7) is 7.32. The van der Waals surface area contributed by atoms with E-state index < -0.39 is 20.0 Å². The number of nitrogens with one attached hydrogen (secondary N) is 1. The van der Waals surface area contributed by atoms with E-state index in [2.05, 4.69) is 25.5 Å². The zero-order chi connectivity index (χ0) is 21.9. The van der Waals surface area contributed by atoms with Crippen molar-refractivity contribution in [1.82, 2.24) is 4.31 Å². The van der Waals surface area contributed by atoms with Gasteiger partial charge in [0, 0.05) is 18.8 Å². The summed E-state index contributed by atoms with van der Waals surface area (Å²) in [5.74, 6) is 0.833. The molecule has 2 aromatic carbocycles. The summed E-state index contributed by atoms with van der Waals surface area (Å²) in [6.07, 6.45) is 2.78. The number of anilines is 1. The molecule has 1 aliphatic heterocycles. The standard InChI is InChI=1S/C22H30N2O4S2/c1-17(2)15-19-6-10-21(11-7-19)29(25,26)23-20-8-12-22(13-9-20)30(27,28)24-14-4-5-18(3)16-24/h6-13,17-18,23H,4-5,14-16H2,1-3H3/t18-/m1/s1. The Morgan fingerprint density at radius 2 is 1.57 bits per heavy atom. The second-order valence-electron chi connectivity index (χ2n) is 8.48. The predicted octanol–water partition coefficient (Wildman–Crippen LogP) is 4.11. The SMILES string of the molecule is CC(C)Cc1ccc(S(=O)(=O)Nc2ccc(S(=O)(=O)N3CCC[C@@H](C)C3)cc2)cc1. The lowest BCUT2D eigenvalue weighted by molar-refractivity contribution is 0.281. The van der Waals surface area contributed by atoms with Gasteiger partial charge in [0.1, 0.15) is 0 Å². The maximum Gasteiger partial charge on any atom is 0.261 e. The normalized spacial score (nSPS) is 18.5. The number of rotatable bonds is 7. The molecule has 1 N–H and O–H groups in total. The van der Waals surface area contributed by atoms with Crippen molar-refractivity contribution in [3.8, 4) is 0 Å². The van der Waals surface area contributed by atoms with Gasteiger partial charge in [0.05, 0.1) is 9.79 Å². The van der Waals surface area contributed by atoms with Gasteiger partial charge < -0.3 is 0 Å². The van der Waals surface area contributed by atoms with Crippen molar-refractivity contribution >= 4 is 25.7 Å². The van der Waals surface area contributed by atoms with E-state index in [1.165, 1.54) is 28.6 Å². The Morgan fingerprint density at radius 3 is 2.13 bits per heavy atom. The molecule has 1 heterocycles. The van der Waals surface area contributed by atoms with E-state index in [4.69, 9.17) is 0 Å². The molecule has 8 heteroatoms. The fourth-order valence-electron chi connectivity index (χ4n) is 3.70. The molecule has 0 amide bonds. The third-order valence-electron chi connectivity index (χ3n) is 5.24. The number of piperidine rings is 1. The van der Waals surface area contributed by atoms with Gasteiger partial charge >= 0.3 is 0 Å². The fraction of sp³-hybridized carbons (Fsp3) is 0.455. The topological polar surface area (TPSA) is 83.5 Å². The molecule has 0 radical (unpaired) electrons. The number of sulfonamides is 2. The van der Waals surface area contributed by atoms with Crippen molar-refractivity contribution in [1.29, 1.82) is 0 Å². The van der Waals surface area contributed by atoms with Gasteiger partial charge in [0.25, 0.3) is 10.0 Å². The molecule has 1 saturated heterocycles. The Hall–Kier alpha value is -1.90. The Kier molecular flexibility index (Phi) is 6.89. The van der Waals surface area contributed by atoms with Crippen LogP contribution in [-0.2, 0) is 26.5 Å². The number of hydrogen-bond donors (Lipinski definition) is 1. The number of hydrogen-bond acceptors (Lipinski definition) is 4. The summed E-state index contributed by atoms with van der Waals surface area (Å²) in [7, 11) is -7.31. The van der Waals surface area contributed by atoms with Gasteiger partial charge in [-0.1, -0.05) is 32.9 Å². The van der Waals surface area contributed by atoms with Crippen LogP contribution in [0.25, 0.3) is 0 Å². The highest BCUT2D eigenvalue weighted by Gasteiger charge is 2.28. The van der Waals surface area contributed by atoms with E-state index >= 15 is 0 Å². The summed E-state index contributed by atoms with van der Waals surface area (Å²) >= 11 is 0. The molecule has 2 aromatic rings. The van der Waals surface area contributed by atoms with E-state index in [1.54, 1.807) is 12.1 Å². The maximum absolute atomic E-state index is 12.8. The van der Waals surface area contributed by atoms with Crippen LogP contribution in [0.3, 0.4) is 0 Å². The molecule has 1 atom stereocenters. The first-order valence-electron chi connectivity index (χ1n) is 10.3. The molecule has 0 unspecified atom stereocenters. The quantitative estimate of drug-likeness (QED) is 0.688. The molecule has 6 nitrogen and oxygen atoms in total. The summed E-state index contributed by atoms with van der Waals surface area (Å²) < 4.78 is 55.1. The van der Waals surface area contributed by atoms with E-state index in [0.717, 1.165) is 24.8 Å². The van der Waals surface area contributed by atoms with Gasteiger partial charge in [-0.15, -0.1) is 0 Å². The maximum atomic E-state index is 12.8. The highest BCUT2D eigenvalue weighted by molar-refractivity contribution is 7.92. The average Bonchev–Trinajstić information content (AvgIpc) is 2.68. The molecule has 0 aromatic heterocycles. The lowest BCUT2D eigenvalue weighted by Gasteiger charge is -2.30. The molecule has 164 valence electrons. The van der Waals surface area contributed by atoms with Gasteiger partial charge in [-0.3, -0.25) is 4.72 Å². The zero-order valence-electron chi connectivity index (χ0n) is 17.7. The Balaban J connectivity index is 1.73. The smallest absolute Gasteiger partial charge is 0.261 e. The van der Waals surface area contributed by atoms with Gasteiger partial charge in [-0.2, -0.15) is 4.31 Å². The molecule has 0 bridgehead atoms. The Bertz CT molecular complexity index is 1060. The number of nitrogens with zero attached hydrogens (tertiary/aromatic N) is 1. The highest BCUT2D eigenvalue weighted by atomic mass is 32.2. The largest absolute Gasteiger partial charge is 0.280 e. The molecule has 1 aliphatic rings. The summed E-state index contributed by atoms with van der Waals surface area (Å²) in [5, 5.41) is 0. The summed E-state index contributed by atoms with van der Waals surface area (Å²) in [6, 6.07) is 12.7. The van der Waals surface area contributed by atoms with Gasteiger partial charge in [-0.25, -0.2) is 16.8 Å². The van der Waals surface area contributed by atoms with E-state index in [1.807, 2.05) is 12.1 Å². The van der Waals surface area contributed by atoms with E-state index in [9.17, 15) is 16.8 Å². The van der Waals surface area contributed by atoms with Crippen molar-refractivity contribution in [3.63, 3.8) is 0 Å². The second kappa shape index (κ2) is 9.08. The molecule has 0 spiro atoms. The van der Waals surface area contributed by atoms with Crippen LogP contribution >= 0.6 is 0 Å². The van der Waals surface area contributed by atoms with Crippen LogP contribution in [0, 0.1) is 11.8 Å². The lowest BCUT2D eigenvalue weighted by Crippen LogP contribution is -2.39. The van der Waals surface area contributed by atoms with Gasteiger partial charge in [0.2, 0.25) is 10.0 Å². The van der Waals surface area contributed by atoms with Crippen LogP contribution in [0.1, 0.15) is 39.2 Å². The molecular formula is C22H30N2O4S2. The Morgan fingerprint density at radius 1 is 0.967 bits per heavy atom. The van der Waals surface area contributed by atoms with Crippen LogP contribution in [0.5, 0.6) is 0 Å². The molecule has 1 fully saturated rings. The van der Waals surface area contributed by atoms with Crippen LogP contribution in [-0.4, -0.2) is 34.2 Å². The third-order valence-corrected chi connectivity index (χ3v) is 8.52. The second-order valence-corrected chi connectivity index (χ2v) is 12.1. The minimum Gasteiger partial charge on any atom is -0.280 e. The fourth-order valence-corrected chi connectivity index (χ4v) is 6.36. The van der Waals surface area contributed by atoms with E-state index in [-0.39, 0.29) is 9.79 Å². The van der Waals surface area contributed by atoms with Crippen molar-refractivity contribution < 1.29 is 16.8 Å². The monoisotopic (exact) mass is 450 g/mol. The molecular weight excluding hydrogens is 420 g/mol. The van der Waals surface area contributed by atoms with Gasteiger partial charge in [0.15, 0.2) is 0 Å². The van der Waals surface area contributed by atoms with E-state index in [0.29, 0.717) is 30.6 Å². The first kappa shape index (κ1) is 22.8. The first-order valence-corrected chi connectivity index (χ1v) is 13.2. The zero-order valence-corrected chi connectivity index (χ0v) is 19.3. The molecule has 0 saturated carbocycles. The first-order chi connectivity index (χ1) is 14.1. The summed E-state index contributed by atoms with van der Waals surface area (Å²) in [5.41, 5.74) is 1.41. The molecule has 3 rings (SSSR count). The number of benzene rings is 2. The minimum atomic E-state index is -3.74. The molecule has 0 aliphatic carbocycles. The van der Waals surface area contributed by atoms with Crippen molar-refractivity contribution in [2.24, 2.45) is 11.8 Å². The van der Waals surface area contributed by atoms with Crippen LogP contribution in [0.4, 0.5) is 5.69 Å². The van der Waals surface area contributed by atoms with Crippen molar-refractivity contribution in [2.75, 3.05) is 17.8 Å². The third kappa shape index (κ3) is 5.42. The Labute approximate surface area is 180 Å². The van der Waals surface area contributed by atoms with Crippen LogP contribution < -0.4 is 4.72 Å². The van der Waals surface area contributed by atoms with Gasteiger partial charge in [-0.05, 0) is 73.1 Å². The van der Waals surface area contributed by atoms with Crippen LogP contribution in [0.2, 0.25) is 0 Å². The molecule has 30 heavy (non-hydrogen) atoms. The summed E-state index contributed by atoms with van der Waals surface area (Å²) in [4.78, 5) is 0.353. The average molecular weight is 451 g/mol.